The third-order valence-corrected chi connectivity index (χ3v) is 9.14. The molecule has 2 saturated heterocycles. The molecule has 0 aromatic heterocycles. The smallest absolute Gasteiger partial charge is 0.408 e. The van der Waals surface area contributed by atoms with Crippen LogP contribution in [0.3, 0.4) is 0 Å². The normalized spacial score (nSPS) is 19.5. The molecule has 0 bridgehead atoms. The second-order valence-corrected chi connectivity index (χ2v) is 13.1. The lowest BCUT2D eigenvalue weighted by atomic mass is 9.73. The van der Waals surface area contributed by atoms with Gasteiger partial charge in [0.2, 0.25) is 11.8 Å². The zero-order chi connectivity index (χ0) is 32.8. The summed E-state index contributed by atoms with van der Waals surface area (Å²) in [5.74, 6) is 1.27. The molecule has 246 valence electrons. The molecule has 2 fully saturated rings. The van der Waals surface area contributed by atoms with Gasteiger partial charge >= 0.3 is 6.09 Å². The zero-order valence-electron chi connectivity index (χ0n) is 27.9. The van der Waals surface area contributed by atoms with Gasteiger partial charge in [-0.25, -0.2) is 10.2 Å². The van der Waals surface area contributed by atoms with E-state index >= 15 is 0 Å². The fourth-order valence-electron chi connectivity index (χ4n) is 6.44. The first kappa shape index (κ1) is 34.1. The van der Waals surface area contributed by atoms with Gasteiger partial charge in [0, 0.05) is 19.5 Å². The predicted octanol–water partition coefficient (Wildman–Crippen LogP) is 5.42. The molecule has 2 atom stereocenters. The molecule has 10 heteroatoms. The van der Waals surface area contributed by atoms with Crippen LogP contribution >= 0.6 is 0 Å². The van der Waals surface area contributed by atoms with Gasteiger partial charge in [0.1, 0.15) is 11.6 Å². The number of nitrogens with one attached hydrogen (secondary N) is 2. The summed E-state index contributed by atoms with van der Waals surface area (Å²) in [6, 6.07) is 14.6. The molecule has 1 unspecified atom stereocenters. The van der Waals surface area contributed by atoms with Crippen molar-refractivity contribution in [3.63, 3.8) is 0 Å². The van der Waals surface area contributed by atoms with E-state index in [4.69, 9.17) is 14.2 Å². The average Bonchev–Trinajstić information content (AvgIpc) is 3.03. The molecule has 0 saturated carbocycles. The Kier molecular flexibility index (Phi) is 11.0. The maximum absolute atomic E-state index is 14.0. The number of amides is 3. The number of hydrogen-bond acceptors (Lipinski definition) is 7. The van der Waals surface area contributed by atoms with E-state index in [-0.39, 0.29) is 23.9 Å². The average molecular weight is 623 g/mol. The fourth-order valence-corrected chi connectivity index (χ4v) is 6.44. The Hall–Kier alpha value is -3.79. The van der Waals surface area contributed by atoms with Gasteiger partial charge in [-0.1, -0.05) is 50.2 Å². The lowest BCUT2D eigenvalue weighted by Gasteiger charge is -2.49. The van der Waals surface area contributed by atoms with E-state index in [9.17, 15) is 14.4 Å². The van der Waals surface area contributed by atoms with Crippen LogP contribution in [-0.4, -0.2) is 72.8 Å². The quantitative estimate of drug-likeness (QED) is 0.365. The molecular weight excluding hydrogens is 572 g/mol. The number of hydrogen-bond donors (Lipinski definition) is 2. The van der Waals surface area contributed by atoms with Crippen LogP contribution in [0.2, 0.25) is 0 Å². The topological polar surface area (TPSA) is 109 Å². The van der Waals surface area contributed by atoms with Gasteiger partial charge < -0.3 is 24.4 Å². The molecule has 2 N–H and O–H groups in total. The van der Waals surface area contributed by atoms with Crippen molar-refractivity contribution in [3.05, 3.63) is 59.7 Å². The number of ether oxygens (including phenoxy) is 3. The molecule has 2 heterocycles. The molecule has 0 spiro atoms. The largest absolute Gasteiger partial charge is 0.493 e. The number of hydrazine groups is 1. The molecule has 2 aliphatic rings. The van der Waals surface area contributed by atoms with Gasteiger partial charge in [0.25, 0.3) is 0 Å². The monoisotopic (exact) mass is 622 g/mol. The maximum atomic E-state index is 14.0. The van der Waals surface area contributed by atoms with Crippen LogP contribution in [0.1, 0.15) is 83.9 Å². The first-order chi connectivity index (χ1) is 21.4. The second-order valence-electron chi connectivity index (χ2n) is 13.1. The molecular formula is C35H50N4O6. The number of methoxy groups -OCH3 is 2. The summed E-state index contributed by atoms with van der Waals surface area (Å²) >= 11 is 0. The summed E-state index contributed by atoms with van der Waals surface area (Å²) in [5, 5.41) is 4.67. The van der Waals surface area contributed by atoms with Crippen molar-refractivity contribution in [2.75, 3.05) is 27.3 Å². The molecule has 2 aliphatic heterocycles. The summed E-state index contributed by atoms with van der Waals surface area (Å²) in [6.45, 7) is 10.5. The number of rotatable bonds is 10. The Morgan fingerprint density at radius 2 is 1.64 bits per heavy atom. The molecule has 2 aromatic rings. The molecule has 0 radical (unpaired) electrons. The number of likely N-dealkylation sites (tertiary alicyclic amines) is 1. The van der Waals surface area contributed by atoms with E-state index < -0.39 is 23.2 Å². The summed E-state index contributed by atoms with van der Waals surface area (Å²) in [4.78, 5) is 42.4. The first-order valence-electron chi connectivity index (χ1n) is 16.1. The van der Waals surface area contributed by atoms with Crippen LogP contribution < -0.4 is 20.2 Å². The third kappa shape index (κ3) is 8.09. The number of piperidine rings is 1. The lowest BCUT2D eigenvalue weighted by molar-refractivity contribution is -0.160. The number of nitrogens with zero attached hydrogens (tertiary/aromatic N) is 2. The highest BCUT2D eigenvalue weighted by Gasteiger charge is 2.48. The Morgan fingerprint density at radius 3 is 2.22 bits per heavy atom. The second kappa shape index (κ2) is 14.5. The van der Waals surface area contributed by atoms with Gasteiger partial charge in [-0.3, -0.25) is 14.6 Å². The summed E-state index contributed by atoms with van der Waals surface area (Å²) in [5.41, 5.74) is 4.36. The van der Waals surface area contributed by atoms with Crippen molar-refractivity contribution in [1.29, 1.82) is 0 Å². The van der Waals surface area contributed by atoms with Gasteiger partial charge in [-0.2, -0.15) is 0 Å². The number of carbonyl (C=O) groups excluding carboxylic acids is 3. The number of alkyl carbamates (subject to hydrolysis) is 1. The van der Waals surface area contributed by atoms with E-state index in [0.717, 1.165) is 24.0 Å². The van der Waals surface area contributed by atoms with Crippen molar-refractivity contribution in [2.24, 2.45) is 5.41 Å². The van der Waals surface area contributed by atoms with Crippen LogP contribution in [0.5, 0.6) is 11.5 Å². The van der Waals surface area contributed by atoms with E-state index in [1.54, 1.807) is 39.9 Å². The van der Waals surface area contributed by atoms with Crippen LogP contribution in [-0.2, 0) is 20.7 Å². The zero-order valence-corrected chi connectivity index (χ0v) is 27.9. The van der Waals surface area contributed by atoms with E-state index in [1.165, 1.54) is 0 Å². The summed E-state index contributed by atoms with van der Waals surface area (Å²) in [7, 11) is 3.24. The fraction of sp³-hybridized carbons (Fsp3) is 0.571. The molecule has 3 amide bonds. The van der Waals surface area contributed by atoms with E-state index in [0.29, 0.717) is 50.3 Å². The summed E-state index contributed by atoms with van der Waals surface area (Å²) in [6.07, 6.45) is 3.13. The number of carbonyl (C=O) groups is 3. The molecule has 10 nitrogen and oxygen atoms in total. The van der Waals surface area contributed by atoms with Gasteiger partial charge in [-0.05, 0) is 76.1 Å². The lowest BCUT2D eigenvalue weighted by Crippen LogP contribution is -2.63. The Morgan fingerprint density at radius 1 is 1.00 bits per heavy atom. The molecule has 4 rings (SSSR count). The summed E-state index contributed by atoms with van der Waals surface area (Å²) < 4.78 is 16.5. The molecule has 2 aromatic carbocycles. The van der Waals surface area contributed by atoms with Crippen LogP contribution in [0.25, 0.3) is 0 Å². The van der Waals surface area contributed by atoms with Crippen molar-refractivity contribution < 1.29 is 28.6 Å². The van der Waals surface area contributed by atoms with Crippen molar-refractivity contribution in [3.8, 4) is 11.5 Å². The van der Waals surface area contributed by atoms with Crippen LogP contribution in [0.15, 0.2) is 48.5 Å². The van der Waals surface area contributed by atoms with Crippen molar-refractivity contribution >= 4 is 17.9 Å². The Bertz CT molecular complexity index is 1320. The highest BCUT2D eigenvalue weighted by molar-refractivity contribution is 5.86. The minimum atomic E-state index is -0.768. The number of benzene rings is 2. The van der Waals surface area contributed by atoms with E-state index in [1.807, 2.05) is 53.5 Å². The molecule has 45 heavy (non-hydrogen) atoms. The highest BCUT2D eigenvalue weighted by Crippen LogP contribution is 2.44. The Labute approximate surface area is 267 Å². The first-order valence-corrected chi connectivity index (χ1v) is 16.1. The Balaban J connectivity index is 1.50. The highest BCUT2D eigenvalue weighted by atomic mass is 16.6. The minimum absolute atomic E-state index is 0.0756. The van der Waals surface area contributed by atoms with Gasteiger partial charge in [-0.15, -0.1) is 0 Å². The van der Waals surface area contributed by atoms with Gasteiger partial charge in [0.15, 0.2) is 11.5 Å². The standard InChI is InChI=1S/C35H50N4O6/c1-8-35(9-2)23-28(25-15-16-29(43-6)30(22-25)44-7)37-39(32(35)41)26-17-19-38(20-18-26)31(40)27(21-24-13-11-10-12-14-24)36-33(42)45-34(3,4)5/h10-16,22,26-28,37H,8-9,17-21,23H2,1-7H3,(H,36,42)/t27-,28?/m1/s1. The van der Waals surface area contributed by atoms with Crippen LogP contribution in [0, 0.1) is 5.41 Å². The van der Waals surface area contributed by atoms with Gasteiger partial charge in [0.05, 0.1) is 31.7 Å². The molecule has 0 aliphatic carbocycles. The van der Waals surface area contributed by atoms with E-state index in [2.05, 4.69) is 24.6 Å². The SMILES string of the molecule is CCC1(CC)CC(c2ccc(OC)c(OC)c2)NN(C2CCN(C(=O)[C@@H](Cc3ccccc3)NC(=O)OC(C)(C)C)CC2)C1=O. The van der Waals surface area contributed by atoms with Crippen molar-refractivity contribution in [2.45, 2.75) is 96.9 Å². The minimum Gasteiger partial charge on any atom is -0.493 e. The van der Waals surface area contributed by atoms with Crippen molar-refractivity contribution in [1.82, 2.24) is 20.7 Å². The third-order valence-electron chi connectivity index (χ3n) is 9.14. The predicted molar refractivity (Wildman–Crippen MR) is 173 cm³/mol. The van der Waals surface area contributed by atoms with Crippen LogP contribution in [0.4, 0.5) is 4.79 Å². The maximum Gasteiger partial charge on any atom is 0.408 e.